The number of carbonyl (C=O) groups is 1. The average Bonchev–Trinajstić information content (AvgIpc) is 2.64. The minimum atomic E-state index is 0.227. The lowest BCUT2D eigenvalue weighted by Gasteiger charge is -2.31. The Hall–Kier alpha value is -2.24. The third kappa shape index (κ3) is 6.29. The molecule has 1 heterocycles. The Labute approximate surface area is 150 Å². The van der Waals surface area contributed by atoms with E-state index in [2.05, 4.69) is 22.5 Å². The van der Waals surface area contributed by atoms with Gasteiger partial charge in [-0.3, -0.25) is 9.79 Å². The largest absolute Gasteiger partial charge is 0.497 e. The average molecular weight is 346 g/mol. The van der Waals surface area contributed by atoms with Crippen LogP contribution in [0.25, 0.3) is 0 Å². The Morgan fingerprint density at radius 3 is 2.72 bits per heavy atom. The van der Waals surface area contributed by atoms with E-state index < -0.39 is 0 Å². The summed E-state index contributed by atoms with van der Waals surface area (Å²) in [6.07, 6.45) is 2.84. The molecule has 6 heteroatoms. The van der Waals surface area contributed by atoms with Crippen LogP contribution in [-0.4, -0.2) is 50.6 Å². The van der Waals surface area contributed by atoms with Crippen LogP contribution in [0, 0.1) is 5.92 Å². The van der Waals surface area contributed by atoms with Gasteiger partial charge in [0.15, 0.2) is 5.96 Å². The second-order valence-corrected chi connectivity index (χ2v) is 6.54. The maximum absolute atomic E-state index is 12.3. The molecular weight excluding hydrogens is 316 g/mol. The van der Waals surface area contributed by atoms with Crippen LogP contribution in [-0.2, 0) is 11.3 Å². The summed E-state index contributed by atoms with van der Waals surface area (Å²) in [6.45, 7) is 5.26. The number of methoxy groups -OCH3 is 1. The first-order valence-electron chi connectivity index (χ1n) is 8.97. The number of hydrogen-bond acceptors (Lipinski definition) is 3. The minimum Gasteiger partial charge on any atom is -0.497 e. The number of piperidine rings is 1. The maximum atomic E-state index is 12.3. The molecule has 0 saturated carbocycles. The Morgan fingerprint density at radius 2 is 2.08 bits per heavy atom. The summed E-state index contributed by atoms with van der Waals surface area (Å²) in [5, 5.41) is 6.47. The minimum absolute atomic E-state index is 0.227. The molecule has 25 heavy (non-hydrogen) atoms. The quantitative estimate of drug-likeness (QED) is 0.611. The molecule has 2 rings (SSSR count). The van der Waals surface area contributed by atoms with Gasteiger partial charge in [-0.05, 0) is 36.5 Å². The lowest BCUT2D eigenvalue weighted by molar-refractivity contribution is -0.132. The molecule has 1 aromatic rings. The molecule has 1 amide bonds. The highest BCUT2D eigenvalue weighted by Crippen LogP contribution is 2.16. The van der Waals surface area contributed by atoms with Crippen molar-refractivity contribution in [1.82, 2.24) is 15.5 Å². The number of guanidine groups is 1. The number of benzene rings is 1. The summed E-state index contributed by atoms with van der Waals surface area (Å²) in [5.41, 5.74) is 1.14. The van der Waals surface area contributed by atoms with Crippen molar-refractivity contribution in [2.45, 2.75) is 32.7 Å². The molecule has 1 fully saturated rings. The number of carbonyl (C=O) groups excluding carboxylic acids is 1. The first kappa shape index (κ1) is 19.1. The molecule has 1 aromatic carbocycles. The van der Waals surface area contributed by atoms with Crippen molar-refractivity contribution in [2.24, 2.45) is 10.9 Å². The second kappa shape index (κ2) is 9.91. The lowest BCUT2D eigenvalue weighted by Crippen LogP contribution is -2.42. The molecule has 0 radical (unpaired) electrons. The Kier molecular flexibility index (Phi) is 7.57. The Balaban J connectivity index is 1.70. The number of ether oxygens (including phenoxy) is 1. The molecule has 0 aromatic heterocycles. The number of aliphatic imine (C=N–C) groups is 1. The molecule has 0 bridgehead atoms. The van der Waals surface area contributed by atoms with Crippen LogP contribution in [0.1, 0.15) is 31.7 Å². The molecular formula is C19H30N4O2. The van der Waals surface area contributed by atoms with Gasteiger partial charge < -0.3 is 20.3 Å². The SMILES string of the molecule is CN=C(NCCC(=O)N1CCCC(C)C1)NCc1ccc(OC)cc1. The Morgan fingerprint density at radius 1 is 1.32 bits per heavy atom. The Bertz CT molecular complexity index is 571. The first-order chi connectivity index (χ1) is 12.1. The van der Waals surface area contributed by atoms with Gasteiger partial charge in [-0.15, -0.1) is 0 Å². The van der Waals surface area contributed by atoms with Crippen LogP contribution in [0.5, 0.6) is 5.75 Å². The number of nitrogens with zero attached hydrogens (tertiary/aromatic N) is 2. The molecule has 6 nitrogen and oxygen atoms in total. The van der Waals surface area contributed by atoms with Gasteiger partial charge in [-0.2, -0.15) is 0 Å². The normalized spacial score (nSPS) is 18.0. The predicted molar refractivity (Wildman–Crippen MR) is 101 cm³/mol. The number of nitrogens with one attached hydrogen (secondary N) is 2. The van der Waals surface area contributed by atoms with E-state index in [-0.39, 0.29) is 5.91 Å². The van der Waals surface area contributed by atoms with Crippen LogP contribution in [0.3, 0.4) is 0 Å². The highest BCUT2D eigenvalue weighted by Gasteiger charge is 2.20. The lowest BCUT2D eigenvalue weighted by atomic mass is 10.00. The monoisotopic (exact) mass is 346 g/mol. The number of amides is 1. The first-order valence-corrected chi connectivity index (χ1v) is 8.97. The van der Waals surface area contributed by atoms with E-state index in [1.807, 2.05) is 29.2 Å². The van der Waals surface area contributed by atoms with Crippen LogP contribution in [0.4, 0.5) is 0 Å². The van der Waals surface area contributed by atoms with Gasteiger partial charge in [0.25, 0.3) is 0 Å². The molecule has 1 atom stereocenters. The summed E-state index contributed by atoms with van der Waals surface area (Å²) in [4.78, 5) is 18.5. The fraction of sp³-hybridized carbons (Fsp3) is 0.579. The van der Waals surface area contributed by atoms with Gasteiger partial charge in [0.05, 0.1) is 7.11 Å². The summed E-state index contributed by atoms with van der Waals surface area (Å²) >= 11 is 0. The maximum Gasteiger partial charge on any atom is 0.224 e. The molecule has 1 unspecified atom stereocenters. The molecule has 1 aliphatic rings. The van der Waals surface area contributed by atoms with Crippen LogP contribution < -0.4 is 15.4 Å². The van der Waals surface area contributed by atoms with Crippen LogP contribution >= 0.6 is 0 Å². The summed E-state index contributed by atoms with van der Waals surface area (Å²) in [6, 6.07) is 7.90. The number of rotatable bonds is 6. The molecule has 2 N–H and O–H groups in total. The fourth-order valence-corrected chi connectivity index (χ4v) is 3.01. The van der Waals surface area contributed by atoms with Crippen molar-refractivity contribution < 1.29 is 9.53 Å². The highest BCUT2D eigenvalue weighted by molar-refractivity contribution is 5.81. The highest BCUT2D eigenvalue weighted by atomic mass is 16.5. The zero-order valence-corrected chi connectivity index (χ0v) is 15.5. The van der Waals surface area contributed by atoms with E-state index in [0.29, 0.717) is 31.4 Å². The zero-order chi connectivity index (χ0) is 18.1. The summed E-state index contributed by atoms with van der Waals surface area (Å²) in [7, 11) is 3.39. The summed E-state index contributed by atoms with van der Waals surface area (Å²) < 4.78 is 5.16. The van der Waals surface area contributed by atoms with E-state index in [9.17, 15) is 4.79 Å². The number of hydrogen-bond donors (Lipinski definition) is 2. The van der Waals surface area contributed by atoms with Crippen molar-refractivity contribution >= 4 is 11.9 Å². The molecule has 0 aliphatic carbocycles. The van der Waals surface area contributed by atoms with Crippen LogP contribution in [0.15, 0.2) is 29.3 Å². The standard InChI is InChI=1S/C19H30N4O2/c1-15-5-4-12-23(14-15)18(24)10-11-21-19(20-2)22-13-16-6-8-17(25-3)9-7-16/h6-9,15H,4-5,10-14H2,1-3H3,(H2,20,21,22). The molecule has 1 aliphatic heterocycles. The van der Waals surface area contributed by atoms with Gasteiger partial charge in [-0.1, -0.05) is 19.1 Å². The molecule has 1 saturated heterocycles. The van der Waals surface area contributed by atoms with Crippen molar-refractivity contribution in [2.75, 3.05) is 33.8 Å². The van der Waals surface area contributed by atoms with Gasteiger partial charge >= 0.3 is 0 Å². The van der Waals surface area contributed by atoms with E-state index >= 15 is 0 Å². The number of likely N-dealkylation sites (tertiary alicyclic amines) is 1. The van der Waals surface area contributed by atoms with Gasteiger partial charge in [-0.25, -0.2) is 0 Å². The van der Waals surface area contributed by atoms with Gasteiger partial charge in [0, 0.05) is 39.6 Å². The van der Waals surface area contributed by atoms with Crippen LogP contribution in [0.2, 0.25) is 0 Å². The molecule has 0 spiro atoms. The van der Waals surface area contributed by atoms with E-state index in [4.69, 9.17) is 4.74 Å². The zero-order valence-electron chi connectivity index (χ0n) is 15.5. The van der Waals surface area contributed by atoms with Crippen molar-refractivity contribution in [3.05, 3.63) is 29.8 Å². The van der Waals surface area contributed by atoms with Crippen molar-refractivity contribution in [3.8, 4) is 5.75 Å². The van der Waals surface area contributed by atoms with E-state index in [1.54, 1.807) is 14.2 Å². The second-order valence-electron chi connectivity index (χ2n) is 6.54. The smallest absolute Gasteiger partial charge is 0.224 e. The third-order valence-corrected chi connectivity index (χ3v) is 4.48. The van der Waals surface area contributed by atoms with E-state index in [1.165, 1.54) is 6.42 Å². The fourth-order valence-electron chi connectivity index (χ4n) is 3.01. The topological polar surface area (TPSA) is 66.0 Å². The molecule has 138 valence electrons. The third-order valence-electron chi connectivity index (χ3n) is 4.48. The van der Waals surface area contributed by atoms with Crippen molar-refractivity contribution in [1.29, 1.82) is 0 Å². The summed E-state index contributed by atoms with van der Waals surface area (Å²) in [5.74, 6) is 2.39. The van der Waals surface area contributed by atoms with Gasteiger partial charge in [0.1, 0.15) is 5.75 Å². The van der Waals surface area contributed by atoms with Gasteiger partial charge in [0.2, 0.25) is 5.91 Å². The van der Waals surface area contributed by atoms with E-state index in [0.717, 1.165) is 30.8 Å². The predicted octanol–water partition coefficient (Wildman–Crippen LogP) is 2.01. The van der Waals surface area contributed by atoms with Crippen molar-refractivity contribution in [3.63, 3.8) is 0 Å².